The van der Waals surface area contributed by atoms with Gasteiger partial charge in [0, 0.05) is 32.1 Å². The lowest BCUT2D eigenvalue weighted by molar-refractivity contribution is -0.137. The zero-order chi connectivity index (χ0) is 17.2. The Morgan fingerprint density at radius 2 is 1.78 bits per heavy atom. The summed E-state index contributed by atoms with van der Waals surface area (Å²) in [6.07, 6.45) is 2.28. The first-order valence-corrected chi connectivity index (χ1v) is 8.02. The van der Waals surface area contributed by atoms with Gasteiger partial charge in [-0.2, -0.15) is 0 Å². The summed E-state index contributed by atoms with van der Waals surface area (Å²) in [5, 5.41) is 13.7. The van der Waals surface area contributed by atoms with Gasteiger partial charge < -0.3 is 20.6 Å². The van der Waals surface area contributed by atoms with Crippen molar-refractivity contribution in [3.05, 3.63) is 0 Å². The van der Waals surface area contributed by atoms with Gasteiger partial charge in [-0.25, -0.2) is 0 Å². The third-order valence-corrected chi connectivity index (χ3v) is 3.76. The molecule has 1 heterocycles. The zero-order valence-corrected chi connectivity index (χ0v) is 14.0. The molecule has 8 heteroatoms. The standard InChI is InChI=1S/C15H28N4O4/c1-18(2)10-12-4-3-9-19(12)11-14(21)17-7-5-13(20)16-8-6-15(22)23/h12H,3-11H2,1-2H3,(H,16,20)(H,17,21)(H,22,23)/i1+1,2+1,3+1,4+1,9+1,10+1,12+1,18+1,19+1. The van der Waals surface area contributed by atoms with E-state index in [1.807, 2.05) is 14.1 Å². The average Bonchev–Trinajstić information content (AvgIpc) is 2.84. The lowest BCUT2D eigenvalue weighted by Gasteiger charge is -2.26. The van der Waals surface area contributed by atoms with Crippen molar-refractivity contribution in [2.45, 2.75) is 31.7 Å². The predicted octanol–water partition coefficient (Wildman–Crippen LogP) is -0.890. The zero-order valence-electron chi connectivity index (χ0n) is 14.0. The van der Waals surface area contributed by atoms with E-state index in [2.05, 4.69) is 20.4 Å². The van der Waals surface area contributed by atoms with Gasteiger partial charge in [0.2, 0.25) is 11.8 Å². The number of amides is 2. The van der Waals surface area contributed by atoms with E-state index in [-0.39, 0.29) is 37.7 Å². The number of carbonyl (C=O) groups is 3. The summed E-state index contributed by atoms with van der Waals surface area (Å²) in [5.74, 6) is -1.27. The summed E-state index contributed by atoms with van der Waals surface area (Å²) in [6.45, 7) is 2.62. The van der Waals surface area contributed by atoms with Crippen molar-refractivity contribution >= 4 is 17.8 Å². The largest absolute Gasteiger partial charge is 0.481 e. The summed E-state index contributed by atoms with van der Waals surface area (Å²) >= 11 is 0. The average molecular weight is 337 g/mol. The quantitative estimate of drug-likeness (QED) is 0.353. The highest BCUT2D eigenvalue weighted by molar-refractivity contribution is 5.80. The molecule has 0 aromatic heterocycles. The number of carboxylic acid groups (broad SMARTS) is 1. The van der Waals surface area contributed by atoms with E-state index in [1.165, 1.54) is 0 Å². The van der Waals surface area contributed by atoms with E-state index in [9.17, 15) is 14.4 Å². The summed E-state index contributed by atoms with van der Waals surface area (Å²) in [5.41, 5.74) is 0. The van der Waals surface area contributed by atoms with Crippen LogP contribution in [0.3, 0.4) is 0 Å². The molecule has 0 aliphatic carbocycles. The minimum atomic E-state index is -0.948. The Labute approximate surface area is 137 Å². The van der Waals surface area contributed by atoms with Crippen molar-refractivity contribution in [1.82, 2.24) is 20.4 Å². The number of nitrogens with one attached hydrogen (secondary N) is 2. The van der Waals surface area contributed by atoms with Crippen LogP contribution >= 0.6 is 0 Å². The minimum Gasteiger partial charge on any atom is -0.481 e. The number of carboxylic acids is 1. The lowest BCUT2D eigenvalue weighted by atomic mass is 10.3. The fraction of sp³-hybridized carbons (Fsp3) is 0.800. The van der Waals surface area contributed by atoms with Gasteiger partial charge in [-0.3, -0.25) is 19.3 Å². The second-order valence-corrected chi connectivity index (χ2v) is 6.12. The number of hydrogen-bond donors (Lipinski definition) is 3. The molecule has 1 atom stereocenters. The monoisotopic (exact) mass is 337 g/mol. The summed E-state index contributed by atoms with van der Waals surface area (Å²) in [7, 11) is 4.05. The normalized spacial score (nSPS) is 18.1. The highest BCUT2D eigenvalue weighted by atomic mass is 16.4. The predicted molar refractivity (Wildman–Crippen MR) is 86.0 cm³/mol. The van der Waals surface area contributed by atoms with Gasteiger partial charge in [-0.1, -0.05) is 0 Å². The van der Waals surface area contributed by atoms with Crippen molar-refractivity contribution in [2.75, 3.05) is 46.8 Å². The molecule has 0 spiro atoms. The maximum atomic E-state index is 11.9. The van der Waals surface area contributed by atoms with Crippen LogP contribution in [0.1, 0.15) is 25.7 Å². The first kappa shape index (κ1) is 19.4. The maximum Gasteiger partial charge on any atom is 0.305 e. The molecule has 23 heavy (non-hydrogen) atoms. The van der Waals surface area contributed by atoms with Crippen molar-refractivity contribution in [3.63, 3.8) is 0 Å². The Bertz CT molecular complexity index is 414. The van der Waals surface area contributed by atoms with E-state index < -0.39 is 5.97 Å². The van der Waals surface area contributed by atoms with Gasteiger partial charge in [0.1, 0.15) is 0 Å². The second-order valence-electron chi connectivity index (χ2n) is 6.12. The number of rotatable bonds is 10. The molecule has 3 N–H and O–H groups in total. The number of likely N-dealkylation sites (tertiary alicyclic amines) is 1. The van der Waals surface area contributed by atoms with E-state index >= 15 is 0 Å². The second kappa shape index (κ2) is 10.2. The maximum absolute atomic E-state index is 11.9. The number of aliphatic carboxylic acids is 1. The highest BCUT2D eigenvalue weighted by Gasteiger charge is 2.26. The topological polar surface area (TPSA) is 102 Å². The van der Waals surface area contributed by atoms with Crippen LogP contribution in [0.4, 0.5) is 0 Å². The SMILES string of the molecule is [13CH3][15N]([13CH3])[13CH2][13CH]1[13CH2][13CH2][13CH2][15N]1CC(=O)NCCC(=O)NCCC(=O)O. The minimum absolute atomic E-state index is 0.0750. The third kappa shape index (κ3) is 8.51. The number of hydrogen-bond acceptors (Lipinski definition) is 5. The molecule has 0 radical (unpaired) electrons. The van der Waals surface area contributed by atoms with E-state index in [1.54, 1.807) is 0 Å². The number of carbonyl (C=O) groups excluding carboxylic acids is 2. The van der Waals surface area contributed by atoms with Crippen LogP contribution in [-0.4, -0.2) is 85.6 Å². The van der Waals surface area contributed by atoms with Crippen LogP contribution in [0, 0.1) is 0 Å². The van der Waals surface area contributed by atoms with Gasteiger partial charge in [-0.05, 0) is 33.5 Å². The van der Waals surface area contributed by atoms with Gasteiger partial charge in [0.05, 0.1) is 13.0 Å². The lowest BCUT2D eigenvalue weighted by Crippen LogP contribution is -2.44. The molecular formula is C15H28N4O4. The highest BCUT2D eigenvalue weighted by Crippen LogP contribution is 2.16. The molecule has 2 amide bonds. The van der Waals surface area contributed by atoms with E-state index in [0.29, 0.717) is 12.6 Å². The Hall–Kier alpha value is -1.67. The Morgan fingerprint density at radius 1 is 1.13 bits per heavy atom. The molecule has 1 saturated heterocycles. The fourth-order valence-corrected chi connectivity index (χ4v) is 2.68. The molecule has 0 bridgehead atoms. The Balaban J connectivity index is 2.16. The Morgan fingerprint density at radius 3 is 2.43 bits per heavy atom. The van der Waals surface area contributed by atoms with Gasteiger partial charge >= 0.3 is 5.97 Å². The molecule has 1 aliphatic rings. The van der Waals surface area contributed by atoms with Crippen molar-refractivity contribution in [3.8, 4) is 0 Å². The third-order valence-electron chi connectivity index (χ3n) is 3.76. The van der Waals surface area contributed by atoms with Crippen molar-refractivity contribution in [1.29, 1.82) is 0 Å². The molecule has 132 valence electrons. The van der Waals surface area contributed by atoms with E-state index in [0.717, 1.165) is 25.9 Å². The fourth-order valence-electron chi connectivity index (χ4n) is 2.68. The van der Waals surface area contributed by atoms with Gasteiger partial charge in [0.25, 0.3) is 0 Å². The van der Waals surface area contributed by atoms with E-state index in [4.69, 9.17) is 5.11 Å². The van der Waals surface area contributed by atoms with Gasteiger partial charge in [0.15, 0.2) is 0 Å². The van der Waals surface area contributed by atoms with Crippen LogP contribution in [0.15, 0.2) is 0 Å². The molecular weight excluding hydrogens is 309 g/mol. The summed E-state index contributed by atoms with van der Waals surface area (Å²) < 4.78 is 0. The summed E-state index contributed by atoms with van der Waals surface area (Å²) in [4.78, 5) is 38.0. The van der Waals surface area contributed by atoms with Crippen LogP contribution < -0.4 is 10.6 Å². The van der Waals surface area contributed by atoms with Crippen LogP contribution in [0.5, 0.6) is 0 Å². The Kier molecular flexibility index (Phi) is 8.57. The smallest absolute Gasteiger partial charge is 0.305 e. The first-order chi connectivity index (χ1) is 10.9. The van der Waals surface area contributed by atoms with Crippen LogP contribution in [0.2, 0.25) is 0 Å². The molecule has 8 nitrogen and oxygen atoms in total. The molecule has 0 saturated carbocycles. The summed E-state index contributed by atoms with van der Waals surface area (Å²) in [6, 6.07) is 0.412. The number of likely N-dealkylation sites (N-methyl/N-ethyl adjacent to an activating group) is 1. The van der Waals surface area contributed by atoms with Crippen molar-refractivity contribution < 1.29 is 19.5 Å². The molecule has 0 aromatic rings. The molecule has 1 rings (SSSR count). The molecule has 1 unspecified atom stereocenters. The number of nitrogens with zero attached hydrogens (tertiary/aromatic N) is 2. The molecule has 1 fully saturated rings. The molecule has 0 aromatic carbocycles. The first-order valence-electron chi connectivity index (χ1n) is 8.02. The van der Waals surface area contributed by atoms with Gasteiger partial charge in [-0.15, -0.1) is 0 Å². The molecule has 1 aliphatic heterocycles. The van der Waals surface area contributed by atoms with Crippen LogP contribution in [-0.2, 0) is 14.4 Å². The van der Waals surface area contributed by atoms with Crippen LogP contribution in [0.25, 0.3) is 0 Å². The van der Waals surface area contributed by atoms with Crippen molar-refractivity contribution in [2.24, 2.45) is 0 Å².